The Bertz CT molecular complexity index is 1360. The molecular weight excluding hydrogens is 390 g/mol. The maximum Gasteiger partial charge on any atom is 0.356 e. The summed E-state index contributed by atoms with van der Waals surface area (Å²) >= 11 is 0. The minimum Gasteiger partial charge on any atom is -0.476 e. The van der Waals surface area contributed by atoms with Crippen molar-refractivity contribution in [3.8, 4) is 34.0 Å². The number of ether oxygens (including phenoxy) is 1. The van der Waals surface area contributed by atoms with E-state index in [1.54, 1.807) is 4.52 Å². The predicted octanol–water partition coefficient (Wildman–Crippen LogP) is 5.55. The molecule has 5 aromatic rings. The Labute approximate surface area is 178 Å². The van der Waals surface area contributed by atoms with Crippen LogP contribution < -0.4 is 4.74 Å². The Kier molecular flexibility index (Phi) is 4.65. The average Bonchev–Trinajstić information content (AvgIpc) is 3.25. The summed E-state index contributed by atoms with van der Waals surface area (Å²) in [5, 5.41) is 13.6. The largest absolute Gasteiger partial charge is 0.476 e. The first kappa shape index (κ1) is 18.6. The quantitative estimate of drug-likeness (QED) is 0.413. The van der Waals surface area contributed by atoms with Gasteiger partial charge >= 0.3 is 5.97 Å². The number of rotatable bonds is 5. The molecule has 0 aliphatic carbocycles. The van der Waals surface area contributed by atoms with Crippen LogP contribution in [0.5, 0.6) is 11.5 Å². The van der Waals surface area contributed by atoms with Crippen molar-refractivity contribution >= 4 is 11.6 Å². The second kappa shape index (κ2) is 7.76. The van der Waals surface area contributed by atoms with Crippen LogP contribution in [-0.2, 0) is 0 Å². The lowest BCUT2D eigenvalue weighted by Crippen LogP contribution is -2.01. The Hall–Kier alpha value is -4.45. The van der Waals surface area contributed by atoms with Crippen molar-refractivity contribution in [2.24, 2.45) is 0 Å². The van der Waals surface area contributed by atoms with Crippen molar-refractivity contribution in [2.45, 2.75) is 0 Å². The molecule has 2 heterocycles. The zero-order valence-electron chi connectivity index (χ0n) is 16.3. The summed E-state index contributed by atoms with van der Waals surface area (Å²) in [5.41, 5.74) is 3.70. The standard InChI is InChI=1S/C25H17N3O3/c29-25(30)22-16-24-26-21(17-7-3-1-4-8-17)15-23(28(24)27-22)18-11-13-20(14-12-18)31-19-9-5-2-6-10-19/h1-16H,(H,29,30). The van der Waals surface area contributed by atoms with E-state index in [4.69, 9.17) is 4.74 Å². The smallest absolute Gasteiger partial charge is 0.356 e. The normalized spacial score (nSPS) is 10.8. The van der Waals surface area contributed by atoms with Crippen molar-refractivity contribution < 1.29 is 14.6 Å². The zero-order chi connectivity index (χ0) is 21.2. The molecule has 0 amide bonds. The van der Waals surface area contributed by atoms with Crippen molar-refractivity contribution in [2.75, 3.05) is 0 Å². The lowest BCUT2D eigenvalue weighted by Gasteiger charge is -2.10. The summed E-state index contributed by atoms with van der Waals surface area (Å²) in [4.78, 5) is 16.1. The van der Waals surface area contributed by atoms with Gasteiger partial charge in [0.2, 0.25) is 0 Å². The Balaban J connectivity index is 1.60. The molecule has 31 heavy (non-hydrogen) atoms. The number of benzene rings is 3. The molecule has 0 bridgehead atoms. The molecule has 3 aromatic carbocycles. The van der Waals surface area contributed by atoms with Gasteiger partial charge in [0.25, 0.3) is 0 Å². The van der Waals surface area contributed by atoms with E-state index in [9.17, 15) is 9.90 Å². The first-order valence-electron chi connectivity index (χ1n) is 9.70. The van der Waals surface area contributed by atoms with E-state index in [0.29, 0.717) is 11.4 Å². The topological polar surface area (TPSA) is 76.7 Å². The van der Waals surface area contributed by atoms with E-state index >= 15 is 0 Å². The van der Waals surface area contributed by atoms with E-state index in [2.05, 4.69) is 10.1 Å². The van der Waals surface area contributed by atoms with E-state index in [0.717, 1.165) is 28.3 Å². The molecule has 0 aliphatic heterocycles. The van der Waals surface area contributed by atoms with Gasteiger partial charge in [0.15, 0.2) is 11.3 Å². The summed E-state index contributed by atoms with van der Waals surface area (Å²) in [7, 11) is 0. The fourth-order valence-corrected chi connectivity index (χ4v) is 3.36. The van der Waals surface area contributed by atoms with E-state index in [1.807, 2.05) is 91.0 Å². The first-order valence-corrected chi connectivity index (χ1v) is 9.70. The second-order valence-corrected chi connectivity index (χ2v) is 6.94. The van der Waals surface area contributed by atoms with Crippen LogP contribution in [0.3, 0.4) is 0 Å². The highest BCUT2D eigenvalue weighted by Crippen LogP contribution is 2.29. The Morgan fingerprint density at radius 2 is 1.42 bits per heavy atom. The van der Waals surface area contributed by atoms with Gasteiger partial charge in [-0.15, -0.1) is 0 Å². The average molecular weight is 407 g/mol. The number of carboxylic acid groups (broad SMARTS) is 1. The highest BCUT2D eigenvalue weighted by atomic mass is 16.5. The number of fused-ring (bicyclic) bond motifs is 1. The van der Waals surface area contributed by atoms with Crippen LogP contribution in [0.15, 0.2) is 97.1 Å². The van der Waals surface area contributed by atoms with Crippen molar-refractivity contribution in [3.63, 3.8) is 0 Å². The van der Waals surface area contributed by atoms with Gasteiger partial charge in [-0.2, -0.15) is 5.10 Å². The number of nitrogens with zero attached hydrogens (tertiary/aromatic N) is 3. The van der Waals surface area contributed by atoms with Gasteiger partial charge in [-0.3, -0.25) is 0 Å². The molecule has 150 valence electrons. The maximum absolute atomic E-state index is 11.5. The molecule has 6 nitrogen and oxygen atoms in total. The van der Waals surface area contributed by atoms with Gasteiger partial charge < -0.3 is 9.84 Å². The third-order valence-electron chi connectivity index (χ3n) is 4.84. The Morgan fingerprint density at radius 1 is 0.774 bits per heavy atom. The third kappa shape index (κ3) is 3.74. The highest BCUT2D eigenvalue weighted by molar-refractivity contribution is 5.87. The van der Waals surface area contributed by atoms with Gasteiger partial charge in [-0.25, -0.2) is 14.3 Å². The summed E-state index contributed by atoms with van der Waals surface area (Å²) in [6.45, 7) is 0. The molecule has 0 atom stereocenters. The SMILES string of the molecule is O=C(O)c1cc2nc(-c3ccccc3)cc(-c3ccc(Oc4ccccc4)cc3)n2n1. The molecule has 0 saturated heterocycles. The summed E-state index contributed by atoms with van der Waals surface area (Å²) in [5.74, 6) is 0.366. The van der Waals surface area contributed by atoms with Crippen molar-refractivity contribution in [3.05, 3.63) is 103 Å². The molecule has 0 saturated carbocycles. The second-order valence-electron chi connectivity index (χ2n) is 6.94. The monoisotopic (exact) mass is 407 g/mol. The van der Waals surface area contributed by atoms with E-state index < -0.39 is 5.97 Å². The van der Waals surface area contributed by atoms with Crippen LogP contribution >= 0.6 is 0 Å². The van der Waals surface area contributed by atoms with Crippen LogP contribution in [-0.4, -0.2) is 25.7 Å². The minimum atomic E-state index is -1.09. The van der Waals surface area contributed by atoms with Gasteiger partial charge in [-0.1, -0.05) is 48.5 Å². The Morgan fingerprint density at radius 3 is 2.10 bits per heavy atom. The molecule has 0 unspecified atom stereocenters. The first-order chi connectivity index (χ1) is 15.2. The molecule has 1 N–H and O–H groups in total. The zero-order valence-corrected chi connectivity index (χ0v) is 16.3. The van der Waals surface area contributed by atoms with Gasteiger partial charge in [0.1, 0.15) is 11.5 Å². The summed E-state index contributed by atoms with van der Waals surface area (Å²) in [6.07, 6.45) is 0. The number of para-hydroxylation sites is 1. The highest BCUT2D eigenvalue weighted by Gasteiger charge is 2.15. The number of aromatic nitrogens is 3. The predicted molar refractivity (Wildman–Crippen MR) is 117 cm³/mol. The van der Waals surface area contributed by atoms with Gasteiger partial charge in [-0.05, 0) is 42.5 Å². The number of aromatic carboxylic acids is 1. The van der Waals surface area contributed by atoms with Crippen LogP contribution in [0.2, 0.25) is 0 Å². The van der Waals surface area contributed by atoms with Gasteiger partial charge in [0.05, 0.1) is 11.4 Å². The van der Waals surface area contributed by atoms with Crippen LogP contribution in [0.4, 0.5) is 0 Å². The molecule has 2 aromatic heterocycles. The molecule has 5 rings (SSSR count). The summed E-state index contributed by atoms with van der Waals surface area (Å²) < 4.78 is 7.43. The number of carbonyl (C=O) groups is 1. The maximum atomic E-state index is 11.5. The van der Waals surface area contributed by atoms with Crippen LogP contribution in [0.25, 0.3) is 28.2 Å². The van der Waals surface area contributed by atoms with E-state index in [-0.39, 0.29) is 5.69 Å². The fourth-order valence-electron chi connectivity index (χ4n) is 3.36. The van der Waals surface area contributed by atoms with Crippen LogP contribution in [0, 0.1) is 0 Å². The van der Waals surface area contributed by atoms with Crippen LogP contribution in [0.1, 0.15) is 10.5 Å². The summed E-state index contributed by atoms with van der Waals surface area (Å²) in [6, 6.07) is 30.3. The molecule has 0 radical (unpaired) electrons. The molecule has 0 aliphatic rings. The number of hydrogen-bond donors (Lipinski definition) is 1. The molecule has 0 spiro atoms. The molecule has 6 heteroatoms. The molecule has 0 fully saturated rings. The lowest BCUT2D eigenvalue weighted by molar-refractivity contribution is 0.0690. The van der Waals surface area contributed by atoms with Crippen molar-refractivity contribution in [1.82, 2.24) is 14.6 Å². The third-order valence-corrected chi connectivity index (χ3v) is 4.84. The molecular formula is C25H17N3O3. The minimum absolute atomic E-state index is 0.0528. The van der Waals surface area contributed by atoms with Crippen molar-refractivity contribution in [1.29, 1.82) is 0 Å². The fraction of sp³-hybridized carbons (Fsp3) is 0. The van der Waals surface area contributed by atoms with E-state index in [1.165, 1.54) is 6.07 Å². The number of carboxylic acids is 1. The lowest BCUT2D eigenvalue weighted by atomic mass is 10.1. The van der Waals surface area contributed by atoms with Gasteiger partial charge in [0, 0.05) is 17.2 Å². The number of hydrogen-bond acceptors (Lipinski definition) is 4.